The maximum Gasteiger partial charge on any atom is 0.122 e. The van der Waals surface area contributed by atoms with E-state index in [0.717, 1.165) is 16.3 Å². The molecule has 1 unspecified atom stereocenters. The second-order valence-corrected chi connectivity index (χ2v) is 4.58. The SMILES string of the molecule is CC(O)c1nc(-c2ccc(Cl)cc2)cs1. The minimum atomic E-state index is -0.504. The van der Waals surface area contributed by atoms with Gasteiger partial charge in [0.2, 0.25) is 0 Å². The molecular formula is C11H10ClNOS. The van der Waals surface area contributed by atoms with E-state index in [4.69, 9.17) is 11.6 Å². The van der Waals surface area contributed by atoms with Crippen molar-refractivity contribution in [3.05, 3.63) is 39.7 Å². The fraction of sp³-hybridized carbons (Fsp3) is 0.182. The summed E-state index contributed by atoms with van der Waals surface area (Å²) in [5.41, 5.74) is 1.90. The van der Waals surface area contributed by atoms with Gasteiger partial charge in [0.1, 0.15) is 11.1 Å². The van der Waals surface area contributed by atoms with Gasteiger partial charge >= 0.3 is 0 Å². The molecule has 1 N–H and O–H groups in total. The summed E-state index contributed by atoms with van der Waals surface area (Å²) in [5.74, 6) is 0. The predicted octanol–water partition coefficient (Wildman–Crippen LogP) is 3.52. The molecule has 2 rings (SSSR count). The van der Waals surface area contributed by atoms with Crippen LogP contribution in [-0.4, -0.2) is 10.1 Å². The van der Waals surface area contributed by atoms with Crippen LogP contribution in [0.5, 0.6) is 0 Å². The Labute approximate surface area is 97.2 Å². The Kier molecular flexibility index (Phi) is 3.05. The van der Waals surface area contributed by atoms with Crippen LogP contribution in [0.3, 0.4) is 0 Å². The van der Waals surface area contributed by atoms with Crippen molar-refractivity contribution in [2.24, 2.45) is 0 Å². The number of aliphatic hydroxyl groups is 1. The molecule has 1 atom stereocenters. The van der Waals surface area contributed by atoms with Gasteiger partial charge in [0, 0.05) is 16.0 Å². The first-order chi connectivity index (χ1) is 7.16. The number of aliphatic hydroxyl groups excluding tert-OH is 1. The third-order valence-corrected chi connectivity index (χ3v) is 3.29. The highest BCUT2D eigenvalue weighted by Gasteiger charge is 2.08. The van der Waals surface area contributed by atoms with E-state index in [1.807, 2.05) is 29.6 Å². The molecule has 4 heteroatoms. The smallest absolute Gasteiger partial charge is 0.122 e. The Morgan fingerprint density at radius 1 is 1.33 bits per heavy atom. The lowest BCUT2D eigenvalue weighted by atomic mass is 10.2. The van der Waals surface area contributed by atoms with Crippen LogP contribution in [0.4, 0.5) is 0 Å². The van der Waals surface area contributed by atoms with Crippen molar-refractivity contribution in [2.75, 3.05) is 0 Å². The average molecular weight is 240 g/mol. The van der Waals surface area contributed by atoms with Crippen LogP contribution >= 0.6 is 22.9 Å². The summed E-state index contributed by atoms with van der Waals surface area (Å²) in [6.07, 6.45) is -0.504. The highest BCUT2D eigenvalue weighted by Crippen LogP contribution is 2.26. The second-order valence-electron chi connectivity index (χ2n) is 3.25. The van der Waals surface area contributed by atoms with Crippen molar-refractivity contribution in [3.8, 4) is 11.3 Å². The zero-order valence-electron chi connectivity index (χ0n) is 8.14. The molecule has 0 saturated carbocycles. The molecular weight excluding hydrogens is 230 g/mol. The summed E-state index contributed by atoms with van der Waals surface area (Å²) in [4.78, 5) is 4.34. The molecule has 0 radical (unpaired) electrons. The van der Waals surface area contributed by atoms with E-state index < -0.39 is 6.10 Å². The summed E-state index contributed by atoms with van der Waals surface area (Å²) in [6, 6.07) is 7.50. The van der Waals surface area contributed by atoms with Crippen molar-refractivity contribution < 1.29 is 5.11 Å². The highest BCUT2D eigenvalue weighted by atomic mass is 35.5. The van der Waals surface area contributed by atoms with Gasteiger partial charge in [-0.15, -0.1) is 11.3 Å². The molecule has 1 aromatic heterocycles. The Balaban J connectivity index is 2.33. The molecule has 78 valence electrons. The zero-order valence-corrected chi connectivity index (χ0v) is 9.72. The van der Waals surface area contributed by atoms with Crippen LogP contribution in [0.15, 0.2) is 29.6 Å². The van der Waals surface area contributed by atoms with Crippen molar-refractivity contribution in [3.63, 3.8) is 0 Å². The van der Waals surface area contributed by atoms with Crippen LogP contribution < -0.4 is 0 Å². The number of hydrogen-bond acceptors (Lipinski definition) is 3. The molecule has 15 heavy (non-hydrogen) atoms. The Morgan fingerprint density at radius 3 is 2.53 bits per heavy atom. The third kappa shape index (κ3) is 2.37. The second kappa shape index (κ2) is 4.31. The van der Waals surface area contributed by atoms with Gasteiger partial charge in [-0.3, -0.25) is 0 Å². The molecule has 0 aliphatic rings. The van der Waals surface area contributed by atoms with E-state index >= 15 is 0 Å². The molecule has 0 aliphatic heterocycles. The zero-order chi connectivity index (χ0) is 10.8. The van der Waals surface area contributed by atoms with Gasteiger partial charge in [0.25, 0.3) is 0 Å². The first kappa shape index (κ1) is 10.6. The topological polar surface area (TPSA) is 33.1 Å². The van der Waals surface area contributed by atoms with Crippen molar-refractivity contribution in [1.82, 2.24) is 4.98 Å². The largest absolute Gasteiger partial charge is 0.386 e. The molecule has 0 fully saturated rings. The van der Waals surface area contributed by atoms with Gasteiger partial charge in [-0.25, -0.2) is 4.98 Å². The maximum atomic E-state index is 9.35. The predicted molar refractivity (Wildman–Crippen MR) is 63.2 cm³/mol. The molecule has 2 aromatic rings. The minimum absolute atomic E-state index is 0.504. The lowest BCUT2D eigenvalue weighted by molar-refractivity contribution is 0.199. The monoisotopic (exact) mass is 239 g/mol. The Bertz CT molecular complexity index is 450. The van der Waals surface area contributed by atoms with E-state index in [2.05, 4.69) is 4.98 Å². The summed E-state index contributed by atoms with van der Waals surface area (Å²) in [6.45, 7) is 1.71. The number of aromatic nitrogens is 1. The van der Waals surface area contributed by atoms with Gasteiger partial charge in [0.15, 0.2) is 0 Å². The molecule has 0 amide bonds. The van der Waals surface area contributed by atoms with Gasteiger partial charge in [-0.1, -0.05) is 23.7 Å². The molecule has 0 bridgehead atoms. The van der Waals surface area contributed by atoms with Gasteiger partial charge < -0.3 is 5.11 Å². The molecule has 0 spiro atoms. The molecule has 0 aliphatic carbocycles. The molecule has 0 saturated heterocycles. The first-order valence-electron chi connectivity index (χ1n) is 4.56. The van der Waals surface area contributed by atoms with Crippen LogP contribution in [0, 0.1) is 0 Å². The normalized spacial score (nSPS) is 12.7. The van der Waals surface area contributed by atoms with E-state index in [0.29, 0.717) is 5.02 Å². The molecule has 1 aromatic carbocycles. The quantitative estimate of drug-likeness (QED) is 0.870. The Morgan fingerprint density at radius 2 is 2.00 bits per heavy atom. The summed E-state index contributed by atoms with van der Waals surface area (Å²) in [5, 5.41) is 12.7. The number of halogens is 1. The van der Waals surface area contributed by atoms with Gasteiger partial charge in [0.05, 0.1) is 5.69 Å². The van der Waals surface area contributed by atoms with E-state index in [1.165, 1.54) is 11.3 Å². The van der Waals surface area contributed by atoms with Crippen LogP contribution in [0.25, 0.3) is 11.3 Å². The third-order valence-electron chi connectivity index (χ3n) is 2.02. The van der Waals surface area contributed by atoms with Crippen LogP contribution in [-0.2, 0) is 0 Å². The average Bonchev–Trinajstić information content (AvgIpc) is 2.68. The van der Waals surface area contributed by atoms with Crippen LogP contribution in [0.2, 0.25) is 5.02 Å². The van der Waals surface area contributed by atoms with Gasteiger partial charge in [-0.2, -0.15) is 0 Å². The number of nitrogens with zero attached hydrogens (tertiary/aromatic N) is 1. The van der Waals surface area contributed by atoms with Crippen molar-refractivity contribution >= 4 is 22.9 Å². The maximum absolute atomic E-state index is 9.35. The fourth-order valence-corrected chi connectivity index (χ4v) is 2.13. The number of thiazole rings is 1. The lowest BCUT2D eigenvalue weighted by Gasteiger charge is -1.98. The number of benzene rings is 1. The summed E-state index contributed by atoms with van der Waals surface area (Å²) >= 11 is 7.26. The Hall–Kier alpha value is -0.900. The molecule has 1 heterocycles. The fourth-order valence-electron chi connectivity index (χ4n) is 1.23. The minimum Gasteiger partial charge on any atom is -0.386 e. The van der Waals surface area contributed by atoms with Crippen LogP contribution in [0.1, 0.15) is 18.0 Å². The van der Waals surface area contributed by atoms with E-state index in [9.17, 15) is 5.11 Å². The lowest BCUT2D eigenvalue weighted by Crippen LogP contribution is -1.88. The highest BCUT2D eigenvalue weighted by molar-refractivity contribution is 7.10. The van der Waals surface area contributed by atoms with E-state index in [1.54, 1.807) is 6.92 Å². The summed E-state index contributed by atoms with van der Waals surface area (Å²) < 4.78 is 0. The van der Waals surface area contributed by atoms with Crippen molar-refractivity contribution in [2.45, 2.75) is 13.0 Å². The standard InChI is InChI=1S/C11H10ClNOS/c1-7(14)11-13-10(6-15-11)8-2-4-9(12)5-3-8/h2-7,14H,1H3. The number of rotatable bonds is 2. The summed E-state index contributed by atoms with van der Waals surface area (Å²) in [7, 11) is 0. The first-order valence-corrected chi connectivity index (χ1v) is 5.82. The number of hydrogen-bond donors (Lipinski definition) is 1. The van der Waals surface area contributed by atoms with Crippen molar-refractivity contribution in [1.29, 1.82) is 0 Å². The van der Waals surface area contributed by atoms with Gasteiger partial charge in [-0.05, 0) is 19.1 Å². The van der Waals surface area contributed by atoms with E-state index in [-0.39, 0.29) is 0 Å². The molecule has 2 nitrogen and oxygen atoms in total.